The lowest BCUT2D eigenvalue weighted by Gasteiger charge is -2.19. The van der Waals surface area contributed by atoms with Gasteiger partial charge in [0.25, 0.3) is 0 Å². The maximum Gasteiger partial charge on any atom is 0.225 e. The Morgan fingerprint density at radius 2 is 1.91 bits per heavy atom. The van der Waals surface area contributed by atoms with E-state index in [1.54, 1.807) is 6.20 Å². The monoisotopic (exact) mass is 426 g/mol. The first-order chi connectivity index (χ1) is 15.7. The fraction of sp³-hybridized carbons (Fsp3) is 0.231. The average Bonchev–Trinajstić information content (AvgIpc) is 3.47. The van der Waals surface area contributed by atoms with Gasteiger partial charge in [0.2, 0.25) is 5.91 Å². The summed E-state index contributed by atoms with van der Waals surface area (Å²) in [7, 11) is 0. The lowest BCUT2D eigenvalue weighted by atomic mass is 9.88. The minimum absolute atomic E-state index is 0.0892. The van der Waals surface area contributed by atoms with Crippen LogP contribution in [-0.4, -0.2) is 29.0 Å². The summed E-state index contributed by atoms with van der Waals surface area (Å²) in [6.07, 6.45) is 3.68. The van der Waals surface area contributed by atoms with Crippen molar-refractivity contribution < 1.29 is 9.53 Å². The molecule has 162 valence electrons. The molecule has 1 fully saturated rings. The Morgan fingerprint density at radius 1 is 1.09 bits per heavy atom. The van der Waals surface area contributed by atoms with Gasteiger partial charge in [0, 0.05) is 37.9 Å². The number of aryl methyl sites for hydroxylation is 1. The van der Waals surface area contributed by atoms with E-state index in [1.165, 1.54) is 0 Å². The Labute approximate surface area is 187 Å². The van der Waals surface area contributed by atoms with Gasteiger partial charge < -0.3 is 20.4 Å². The Hall–Kier alpha value is -3.64. The third kappa shape index (κ3) is 4.09. The molecule has 1 amide bonds. The molecule has 3 heterocycles. The zero-order valence-electron chi connectivity index (χ0n) is 18.0. The third-order valence-corrected chi connectivity index (χ3v) is 6.13. The van der Waals surface area contributed by atoms with Crippen molar-refractivity contribution in [3.05, 3.63) is 89.7 Å². The topological polar surface area (TPSA) is 79.0 Å². The minimum atomic E-state index is -0.0900. The summed E-state index contributed by atoms with van der Waals surface area (Å²) in [4.78, 5) is 20.4. The highest BCUT2D eigenvalue weighted by Crippen LogP contribution is 2.33. The molecule has 0 aliphatic carbocycles. The summed E-state index contributed by atoms with van der Waals surface area (Å²) in [5.41, 5.74) is 4.16. The number of pyridine rings is 1. The SMILES string of the molecule is Cc1c[nH]c2nccc(Oc3ccc(C4CNC[C@@H]4C(=O)NCc4ccccc4)cc3)c12. The molecule has 5 rings (SSSR count). The third-order valence-electron chi connectivity index (χ3n) is 6.13. The molecule has 2 atom stereocenters. The van der Waals surface area contributed by atoms with Crippen molar-refractivity contribution in [1.29, 1.82) is 0 Å². The molecule has 2 aromatic heterocycles. The van der Waals surface area contributed by atoms with Crippen molar-refractivity contribution in [2.24, 2.45) is 5.92 Å². The van der Waals surface area contributed by atoms with Crippen LogP contribution in [-0.2, 0) is 11.3 Å². The lowest BCUT2D eigenvalue weighted by molar-refractivity contribution is -0.125. The number of amides is 1. The second kappa shape index (κ2) is 8.85. The first-order valence-corrected chi connectivity index (χ1v) is 10.9. The van der Waals surface area contributed by atoms with Crippen LogP contribution in [0.1, 0.15) is 22.6 Å². The van der Waals surface area contributed by atoms with E-state index in [1.807, 2.05) is 61.7 Å². The molecule has 1 aliphatic rings. The fourth-order valence-electron chi connectivity index (χ4n) is 4.40. The number of ether oxygens (including phenoxy) is 1. The van der Waals surface area contributed by atoms with E-state index >= 15 is 0 Å². The predicted molar refractivity (Wildman–Crippen MR) is 125 cm³/mol. The fourth-order valence-corrected chi connectivity index (χ4v) is 4.40. The van der Waals surface area contributed by atoms with Crippen LogP contribution in [0.5, 0.6) is 11.5 Å². The second-order valence-electron chi connectivity index (χ2n) is 8.25. The Balaban J connectivity index is 1.27. The highest BCUT2D eigenvalue weighted by molar-refractivity contribution is 5.86. The van der Waals surface area contributed by atoms with Gasteiger partial charge >= 0.3 is 0 Å². The number of aromatic amines is 1. The molecule has 0 saturated carbocycles. The molecule has 1 saturated heterocycles. The van der Waals surface area contributed by atoms with Gasteiger partial charge in [-0.15, -0.1) is 0 Å². The van der Waals surface area contributed by atoms with Crippen LogP contribution in [0.2, 0.25) is 0 Å². The summed E-state index contributed by atoms with van der Waals surface area (Å²) in [5, 5.41) is 7.46. The molecule has 1 unspecified atom stereocenters. The Kier molecular flexibility index (Phi) is 5.60. The van der Waals surface area contributed by atoms with Gasteiger partial charge in [-0.25, -0.2) is 4.98 Å². The molecule has 3 N–H and O–H groups in total. The van der Waals surface area contributed by atoms with Crippen LogP contribution in [0.3, 0.4) is 0 Å². The number of rotatable bonds is 6. The molecular weight excluding hydrogens is 400 g/mol. The van der Waals surface area contributed by atoms with Gasteiger partial charge in [0.15, 0.2) is 0 Å². The molecule has 1 aliphatic heterocycles. The van der Waals surface area contributed by atoms with Crippen LogP contribution in [0.4, 0.5) is 0 Å². The normalized spacial score (nSPS) is 18.0. The first-order valence-electron chi connectivity index (χ1n) is 10.9. The molecule has 6 heteroatoms. The zero-order chi connectivity index (χ0) is 21.9. The first kappa shape index (κ1) is 20.3. The van der Waals surface area contributed by atoms with Gasteiger partial charge in [-0.2, -0.15) is 0 Å². The largest absolute Gasteiger partial charge is 0.457 e. The number of benzene rings is 2. The smallest absolute Gasteiger partial charge is 0.225 e. The van der Waals surface area contributed by atoms with Crippen LogP contribution < -0.4 is 15.4 Å². The van der Waals surface area contributed by atoms with Crippen molar-refractivity contribution >= 4 is 16.9 Å². The number of nitrogens with zero attached hydrogens (tertiary/aromatic N) is 1. The highest BCUT2D eigenvalue weighted by atomic mass is 16.5. The quantitative estimate of drug-likeness (QED) is 0.430. The second-order valence-corrected chi connectivity index (χ2v) is 8.25. The Bertz CT molecular complexity index is 1220. The van der Waals surface area contributed by atoms with E-state index in [2.05, 4.69) is 32.7 Å². The van der Waals surface area contributed by atoms with Gasteiger partial charge in [0.05, 0.1) is 11.3 Å². The highest BCUT2D eigenvalue weighted by Gasteiger charge is 2.33. The summed E-state index contributed by atoms with van der Waals surface area (Å²) < 4.78 is 6.16. The number of nitrogens with one attached hydrogen (secondary N) is 3. The van der Waals surface area contributed by atoms with E-state index in [-0.39, 0.29) is 17.7 Å². The number of hydrogen-bond acceptors (Lipinski definition) is 4. The number of fused-ring (bicyclic) bond motifs is 1. The van der Waals surface area contributed by atoms with Crippen molar-refractivity contribution in [2.45, 2.75) is 19.4 Å². The van der Waals surface area contributed by atoms with E-state index < -0.39 is 0 Å². The van der Waals surface area contributed by atoms with Crippen molar-refractivity contribution in [3.8, 4) is 11.5 Å². The lowest BCUT2D eigenvalue weighted by Crippen LogP contribution is -2.34. The van der Waals surface area contributed by atoms with Gasteiger partial charge in [-0.05, 0) is 41.8 Å². The molecular formula is C26H26N4O2. The van der Waals surface area contributed by atoms with E-state index in [4.69, 9.17) is 4.74 Å². The summed E-state index contributed by atoms with van der Waals surface area (Å²) in [6, 6.07) is 19.9. The van der Waals surface area contributed by atoms with Crippen LogP contribution >= 0.6 is 0 Å². The number of hydrogen-bond donors (Lipinski definition) is 3. The van der Waals surface area contributed by atoms with E-state index in [0.29, 0.717) is 13.1 Å². The maximum atomic E-state index is 12.9. The summed E-state index contributed by atoms with van der Waals surface area (Å²) in [6.45, 7) is 4.06. The molecule has 32 heavy (non-hydrogen) atoms. The molecule has 4 aromatic rings. The number of aromatic nitrogens is 2. The zero-order valence-corrected chi connectivity index (χ0v) is 18.0. The number of H-pyrrole nitrogens is 1. The number of carbonyl (C=O) groups excluding carboxylic acids is 1. The van der Waals surface area contributed by atoms with Gasteiger partial charge in [0.1, 0.15) is 17.1 Å². The van der Waals surface area contributed by atoms with E-state index in [0.717, 1.165) is 45.8 Å². The number of carbonyl (C=O) groups is 1. The molecule has 0 bridgehead atoms. The molecule has 6 nitrogen and oxygen atoms in total. The van der Waals surface area contributed by atoms with Crippen molar-refractivity contribution in [1.82, 2.24) is 20.6 Å². The van der Waals surface area contributed by atoms with E-state index in [9.17, 15) is 4.79 Å². The maximum absolute atomic E-state index is 12.9. The van der Waals surface area contributed by atoms with Crippen LogP contribution in [0.15, 0.2) is 73.1 Å². The molecule has 2 aromatic carbocycles. The molecule has 0 radical (unpaired) electrons. The van der Waals surface area contributed by atoms with Crippen LogP contribution in [0.25, 0.3) is 11.0 Å². The van der Waals surface area contributed by atoms with Gasteiger partial charge in [-0.1, -0.05) is 42.5 Å². The predicted octanol–water partition coefficient (Wildman–Crippen LogP) is 4.28. The standard InChI is InChI=1S/C26H26N4O2/c1-17-13-29-25-24(17)23(11-12-28-25)32-20-9-7-19(8-10-20)21-15-27-16-22(21)26(31)30-14-18-5-3-2-4-6-18/h2-13,21-22,27H,14-16H2,1H3,(H,28,29)(H,30,31)/t21?,22-/m0/s1. The molecule has 0 spiro atoms. The van der Waals surface area contributed by atoms with Crippen LogP contribution in [0, 0.1) is 12.8 Å². The summed E-state index contributed by atoms with van der Waals surface area (Å²) in [5.74, 6) is 1.68. The minimum Gasteiger partial charge on any atom is -0.457 e. The summed E-state index contributed by atoms with van der Waals surface area (Å²) >= 11 is 0. The average molecular weight is 427 g/mol. The van der Waals surface area contributed by atoms with Crippen molar-refractivity contribution in [3.63, 3.8) is 0 Å². The van der Waals surface area contributed by atoms with Crippen molar-refractivity contribution in [2.75, 3.05) is 13.1 Å². The van der Waals surface area contributed by atoms with Gasteiger partial charge in [-0.3, -0.25) is 4.79 Å². The Morgan fingerprint density at radius 3 is 2.72 bits per heavy atom.